The number of carbonyl (C=O) groups is 1. The Hall–Kier alpha value is -2.86. The van der Waals surface area contributed by atoms with Crippen molar-refractivity contribution >= 4 is 17.4 Å². The van der Waals surface area contributed by atoms with E-state index in [1.54, 1.807) is 11.1 Å². The van der Waals surface area contributed by atoms with E-state index in [4.69, 9.17) is 0 Å². The van der Waals surface area contributed by atoms with Crippen molar-refractivity contribution in [1.29, 1.82) is 0 Å². The summed E-state index contributed by atoms with van der Waals surface area (Å²) in [5.41, 5.74) is 2.66. The average Bonchev–Trinajstić information content (AvgIpc) is 3.22. The van der Waals surface area contributed by atoms with Crippen LogP contribution in [0, 0.1) is 5.92 Å². The fourth-order valence-electron chi connectivity index (χ4n) is 3.33. The maximum atomic E-state index is 12.5. The summed E-state index contributed by atoms with van der Waals surface area (Å²) < 4.78 is 1.88. The number of aliphatic hydroxyl groups excluding tert-OH is 1. The van der Waals surface area contributed by atoms with Crippen LogP contribution in [0.2, 0.25) is 0 Å². The van der Waals surface area contributed by atoms with Gasteiger partial charge < -0.3 is 19.7 Å². The Morgan fingerprint density at radius 1 is 1.20 bits per heavy atom. The molecule has 2 atom stereocenters. The van der Waals surface area contributed by atoms with Gasteiger partial charge in [-0.2, -0.15) is 0 Å². The number of rotatable bonds is 3. The molecule has 2 aromatic heterocycles. The molecule has 3 aromatic rings. The van der Waals surface area contributed by atoms with E-state index in [1.807, 2.05) is 47.1 Å². The summed E-state index contributed by atoms with van der Waals surface area (Å²) in [6.45, 7) is 0.905. The third kappa shape index (κ3) is 3.34. The third-order valence-corrected chi connectivity index (χ3v) is 4.68. The number of pyridine rings is 1. The summed E-state index contributed by atoms with van der Waals surface area (Å²) in [6.07, 6.45) is 5.69. The zero-order chi connectivity index (χ0) is 17.2. The lowest BCUT2D eigenvalue weighted by Crippen LogP contribution is -2.33. The molecule has 128 valence electrons. The van der Waals surface area contributed by atoms with E-state index in [9.17, 15) is 9.90 Å². The maximum absolute atomic E-state index is 12.5. The molecule has 0 aliphatic carbocycles. The molecule has 1 aliphatic rings. The number of hydrogen-bond donors (Lipinski definition) is 2. The first-order chi connectivity index (χ1) is 12.2. The predicted octanol–water partition coefficient (Wildman–Crippen LogP) is 2.40. The topological polar surface area (TPSA) is 69.9 Å². The smallest absolute Gasteiger partial charge is 0.321 e. The van der Waals surface area contributed by atoms with E-state index < -0.39 is 6.10 Å². The summed E-state index contributed by atoms with van der Waals surface area (Å²) in [5, 5.41) is 13.2. The molecule has 2 N–H and O–H groups in total. The molecule has 1 fully saturated rings. The molecule has 1 aliphatic heterocycles. The largest absolute Gasteiger partial charge is 0.391 e. The van der Waals surface area contributed by atoms with Crippen LogP contribution in [0.25, 0.3) is 5.65 Å². The number of anilines is 1. The second-order valence-corrected chi connectivity index (χ2v) is 6.46. The molecular formula is C19H20N4O2. The standard InChI is InChI=1S/C19H20N4O2/c24-17-13-23(12-15(17)10-14-4-2-1-3-5-14)19(25)21-16-6-8-22-9-7-20-18(22)11-16/h1-9,11,15,17,24H,10,12-13H2,(H,21,25)/t15-,17-/m1/s1. The summed E-state index contributed by atoms with van der Waals surface area (Å²) in [6, 6.07) is 13.5. The Balaban J connectivity index is 1.40. The number of benzene rings is 1. The molecule has 2 amide bonds. The van der Waals surface area contributed by atoms with Crippen molar-refractivity contribution in [2.75, 3.05) is 18.4 Å². The highest BCUT2D eigenvalue weighted by molar-refractivity contribution is 5.90. The summed E-state index contributed by atoms with van der Waals surface area (Å²) in [5.74, 6) is 0.0583. The van der Waals surface area contributed by atoms with Gasteiger partial charge in [-0.15, -0.1) is 0 Å². The van der Waals surface area contributed by atoms with Gasteiger partial charge in [-0.25, -0.2) is 9.78 Å². The molecule has 3 heterocycles. The molecule has 4 rings (SSSR count). The first-order valence-corrected chi connectivity index (χ1v) is 8.40. The Morgan fingerprint density at radius 3 is 2.88 bits per heavy atom. The quantitative estimate of drug-likeness (QED) is 0.772. The van der Waals surface area contributed by atoms with E-state index in [-0.39, 0.29) is 11.9 Å². The predicted molar refractivity (Wildman–Crippen MR) is 95.4 cm³/mol. The van der Waals surface area contributed by atoms with Gasteiger partial charge in [0, 0.05) is 49.4 Å². The van der Waals surface area contributed by atoms with Gasteiger partial charge in [-0.3, -0.25) is 0 Å². The van der Waals surface area contributed by atoms with Gasteiger partial charge in [0.1, 0.15) is 5.65 Å². The summed E-state index contributed by atoms with van der Waals surface area (Å²) in [7, 11) is 0. The van der Waals surface area contributed by atoms with Crippen molar-refractivity contribution in [3.05, 3.63) is 66.6 Å². The number of β-amino-alcohol motifs (C(OH)–C–C–N with tert-alkyl or cyclic N) is 1. The number of aliphatic hydroxyl groups is 1. The van der Waals surface area contributed by atoms with Crippen molar-refractivity contribution in [3.63, 3.8) is 0 Å². The molecule has 6 nitrogen and oxygen atoms in total. The normalized spacial score (nSPS) is 20.1. The minimum absolute atomic E-state index is 0.0583. The number of nitrogens with zero attached hydrogens (tertiary/aromatic N) is 3. The molecule has 0 spiro atoms. The van der Waals surface area contributed by atoms with Crippen LogP contribution < -0.4 is 5.32 Å². The molecule has 6 heteroatoms. The van der Waals surface area contributed by atoms with E-state index in [2.05, 4.69) is 22.4 Å². The van der Waals surface area contributed by atoms with Crippen molar-refractivity contribution < 1.29 is 9.90 Å². The summed E-state index contributed by atoms with van der Waals surface area (Å²) in [4.78, 5) is 18.4. The van der Waals surface area contributed by atoms with Crippen LogP contribution in [-0.4, -0.2) is 44.6 Å². The van der Waals surface area contributed by atoms with E-state index in [1.165, 1.54) is 5.56 Å². The Morgan fingerprint density at radius 2 is 2.04 bits per heavy atom. The number of fused-ring (bicyclic) bond motifs is 1. The number of urea groups is 1. The van der Waals surface area contributed by atoms with Gasteiger partial charge in [0.2, 0.25) is 0 Å². The highest BCUT2D eigenvalue weighted by atomic mass is 16.3. The summed E-state index contributed by atoms with van der Waals surface area (Å²) >= 11 is 0. The highest BCUT2D eigenvalue weighted by Gasteiger charge is 2.34. The minimum Gasteiger partial charge on any atom is -0.391 e. The van der Waals surface area contributed by atoms with Crippen LogP contribution in [0.4, 0.5) is 10.5 Å². The van der Waals surface area contributed by atoms with Crippen molar-refractivity contribution in [2.24, 2.45) is 5.92 Å². The van der Waals surface area contributed by atoms with Gasteiger partial charge in [-0.05, 0) is 18.1 Å². The van der Waals surface area contributed by atoms with E-state index in [0.717, 1.165) is 12.1 Å². The molecule has 1 saturated heterocycles. The van der Waals surface area contributed by atoms with Gasteiger partial charge in [-0.1, -0.05) is 30.3 Å². The third-order valence-electron chi connectivity index (χ3n) is 4.68. The van der Waals surface area contributed by atoms with Crippen LogP contribution in [0.3, 0.4) is 0 Å². The second kappa shape index (κ2) is 6.57. The van der Waals surface area contributed by atoms with Crippen molar-refractivity contribution in [2.45, 2.75) is 12.5 Å². The number of carbonyl (C=O) groups excluding carboxylic acids is 1. The second-order valence-electron chi connectivity index (χ2n) is 6.46. The Kier molecular flexibility index (Phi) is 4.11. The molecule has 25 heavy (non-hydrogen) atoms. The minimum atomic E-state index is -0.499. The first kappa shape index (κ1) is 15.7. The van der Waals surface area contributed by atoms with E-state index in [0.29, 0.717) is 18.8 Å². The van der Waals surface area contributed by atoms with Crippen LogP contribution in [-0.2, 0) is 6.42 Å². The molecule has 0 radical (unpaired) electrons. The first-order valence-electron chi connectivity index (χ1n) is 8.40. The van der Waals surface area contributed by atoms with E-state index >= 15 is 0 Å². The fourth-order valence-corrected chi connectivity index (χ4v) is 3.33. The number of imidazole rings is 1. The van der Waals surface area contributed by atoms with Gasteiger partial charge in [0.15, 0.2) is 0 Å². The SMILES string of the molecule is O=C(Nc1ccn2ccnc2c1)N1C[C@@H](Cc2ccccc2)[C@H](O)C1. The monoisotopic (exact) mass is 336 g/mol. The lowest BCUT2D eigenvalue weighted by molar-refractivity contribution is 0.143. The van der Waals surface area contributed by atoms with Gasteiger partial charge in [0.05, 0.1) is 6.10 Å². The number of nitrogens with one attached hydrogen (secondary N) is 1. The van der Waals surface area contributed by atoms with Gasteiger partial charge >= 0.3 is 6.03 Å². The maximum Gasteiger partial charge on any atom is 0.321 e. The zero-order valence-electron chi connectivity index (χ0n) is 13.7. The lowest BCUT2D eigenvalue weighted by atomic mass is 9.97. The lowest BCUT2D eigenvalue weighted by Gasteiger charge is -2.17. The van der Waals surface area contributed by atoms with Gasteiger partial charge in [0.25, 0.3) is 0 Å². The fraction of sp³-hybridized carbons (Fsp3) is 0.263. The average molecular weight is 336 g/mol. The molecule has 0 unspecified atom stereocenters. The van der Waals surface area contributed by atoms with Crippen LogP contribution in [0.15, 0.2) is 61.1 Å². The highest BCUT2D eigenvalue weighted by Crippen LogP contribution is 2.22. The zero-order valence-corrected chi connectivity index (χ0v) is 13.7. The van der Waals surface area contributed by atoms with Crippen LogP contribution in [0.5, 0.6) is 0 Å². The number of likely N-dealkylation sites (tertiary alicyclic amines) is 1. The number of aromatic nitrogens is 2. The Bertz CT molecular complexity index is 877. The van der Waals surface area contributed by atoms with Crippen LogP contribution in [0.1, 0.15) is 5.56 Å². The van der Waals surface area contributed by atoms with Crippen molar-refractivity contribution in [3.8, 4) is 0 Å². The van der Waals surface area contributed by atoms with Crippen LogP contribution >= 0.6 is 0 Å². The molecular weight excluding hydrogens is 316 g/mol. The Labute approximate surface area is 145 Å². The number of amides is 2. The number of hydrogen-bond acceptors (Lipinski definition) is 3. The molecule has 1 aromatic carbocycles. The molecule has 0 saturated carbocycles. The van der Waals surface area contributed by atoms with Crippen molar-refractivity contribution in [1.82, 2.24) is 14.3 Å². The molecule has 0 bridgehead atoms.